The largest absolute Gasteiger partial charge is 0.481 e. The molecule has 1 unspecified atom stereocenters. The Kier molecular flexibility index (Phi) is 6.32. The van der Waals surface area contributed by atoms with E-state index in [9.17, 15) is 14.4 Å². The molecule has 1 fully saturated rings. The van der Waals surface area contributed by atoms with Crippen LogP contribution in [0.25, 0.3) is 0 Å². The molecule has 19 heavy (non-hydrogen) atoms. The first kappa shape index (κ1) is 15.5. The number of nitrogens with zero attached hydrogens (tertiary/aromatic N) is 1. The second-order valence-corrected chi connectivity index (χ2v) is 4.64. The van der Waals surface area contributed by atoms with Crippen molar-refractivity contribution in [2.45, 2.75) is 51.5 Å². The number of amides is 1. The summed E-state index contributed by atoms with van der Waals surface area (Å²) in [6.45, 7) is 2.60. The quantitative estimate of drug-likeness (QED) is 0.733. The van der Waals surface area contributed by atoms with E-state index in [0.29, 0.717) is 13.2 Å². The molecule has 0 aromatic rings. The van der Waals surface area contributed by atoms with Crippen molar-refractivity contribution >= 4 is 17.8 Å². The van der Waals surface area contributed by atoms with Crippen molar-refractivity contribution in [3.05, 3.63) is 0 Å². The number of hydrogen-bond acceptors (Lipinski definition) is 4. The number of likely N-dealkylation sites (tertiary alicyclic amines) is 1. The molecule has 1 atom stereocenters. The van der Waals surface area contributed by atoms with E-state index < -0.39 is 5.97 Å². The number of aliphatic carboxylic acids is 1. The van der Waals surface area contributed by atoms with Crippen molar-refractivity contribution in [3.8, 4) is 0 Å². The Labute approximate surface area is 112 Å². The Morgan fingerprint density at radius 2 is 2.00 bits per heavy atom. The van der Waals surface area contributed by atoms with Crippen molar-refractivity contribution in [1.29, 1.82) is 0 Å². The Hall–Kier alpha value is -1.59. The van der Waals surface area contributed by atoms with Gasteiger partial charge in [0.2, 0.25) is 5.91 Å². The third kappa shape index (κ3) is 5.28. The lowest BCUT2D eigenvalue weighted by Gasteiger charge is -2.35. The zero-order chi connectivity index (χ0) is 14.3. The molecule has 1 saturated heterocycles. The maximum atomic E-state index is 12.0. The van der Waals surface area contributed by atoms with Crippen LogP contribution < -0.4 is 0 Å². The fraction of sp³-hybridized carbons (Fsp3) is 0.769. The van der Waals surface area contributed by atoms with Gasteiger partial charge in [-0.05, 0) is 26.2 Å². The zero-order valence-corrected chi connectivity index (χ0v) is 11.3. The predicted octanol–water partition coefficient (Wildman–Crippen LogP) is 1.19. The van der Waals surface area contributed by atoms with Crippen LogP contribution in [0.5, 0.6) is 0 Å². The second kappa shape index (κ2) is 7.76. The van der Waals surface area contributed by atoms with Gasteiger partial charge in [0, 0.05) is 19.0 Å². The van der Waals surface area contributed by atoms with Gasteiger partial charge in [-0.1, -0.05) is 0 Å². The predicted molar refractivity (Wildman–Crippen MR) is 67.5 cm³/mol. The van der Waals surface area contributed by atoms with Crippen LogP contribution in [0.15, 0.2) is 0 Å². The van der Waals surface area contributed by atoms with Crippen LogP contribution in [0.4, 0.5) is 0 Å². The minimum absolute atomic E-state index is 0.0227. The van der Waals surface area contributed by atoms with Crippen LogP contribution in [-0.4, -0.2) is 47.0 Å². The molecule has 0 spiro atoms. The van der Waals surface area contributed by atoms with Gasteiger partial charge in [0.05, 0.1) is 19.4 Å². The highest BCUT2D eigenvalue weighted by Crippen LogP contribution is 2.21. The normalized spacial score (nSPS) is 19.0. The zero-order valence-electron chi connectivity index (χ0n) is 11.3. The summed E-state index contributed by atoms with van der Waals surface area (Å²) in [5.41, 5.74) is 0. The van der Waals surface area contributed by atoms with Crippen LogP contribution in [-0.2, 0) is 19.1 Å². The molecule has 108 valence electrons. The van der Waals surface area contributed by atoms with Crippen molar-refractivity contribution in [3.63, 3.8) is 0 Å². The van der Waals surface area contributed by atoms with Crippen LogP contribution in [0.3, 0.4) is 0 Å². The summed E-state index contributed by atoms with van der Waals surface area (Å²) in [5, 5.41) is 8.84. The van der Waals surface area contributed by atoms with Crippen molar-refractivity contribution in [2.75, 3.05) is 13.2 Å². The third-order valence-corrected chi connectivity index (χ3v) is 3.21. The maximum absolute atomic E-state index is 12.0. The Balaban J connectivity index is 2.47. The molecule has 6 nitrogen and oxygen atoms in total. The van der Waals surface area contributed by atoms with E-state index in [2.05, 4.69) is 0 Å². The van der Waals surface area contributed by atoms with Gasteiger partial charge in [0.15, 0.2) is 0 Å². The molecule has 1 N–H and O–H groups in total. The molecule has 0 aromatic heterocycles. The molecule has 0 aliphatic carbocycles. The van der Waals surface area contributed by atoms with Gasteiger partial charge >= 0.3 is 11.9 Å². The van der Waals surface area contributed by atoms with Gasteiger partial charge in [-0.15, -0.1) is 0 Å². The first-order chi connectivity index (χ1) is 9.04. The monoisotopic (exact) mass is 271 g/mol. The fourth-order valence-corrected chi connectivity index (χ4v) is 2.33. The highest BCUT2D eigenvalue weighted by molar-refractivity contribution is 5.82. The third-order valence-electron chi connectivity index (χ3n) is 3.21. The summed E-state index contributed by atoms with van der Waals surface area (Å²) in [5.74, 6) is -1.43. The van der Waals surface area contributed by atoms with Crippen molar-refractivity contribution in [1.82, 2.24) is 4.90 Å². The lowest BCUT2D eigenvalue weighted by molar-refractivity contribution is -0.147. The smallest absolute Gasteiger partial charge is 0.306 e. The number of carbonyl (C=O) groups is 3. The number of carboxylic acid groups (broad SMARTS) is 1. The number of carbonyl (C=O) groups excluding carboxylic acids is 2. The molecule has 0 aromatic carbocycles. The molecule has 6 heteroatoms. The first-order valence-electron chi connectivity index (χ1n) is 6.71. The number of piperidine rings is 1. The van der Waals surface area contributed by atoms with Crippen molar-refractivity contribution < 1.29 is 24.2 Å². The Morgan fingerprint density at radius 1 is 1.26 bits per heavy atom. The minimum atomic E-state index is -0.893. The highest BCUT2D eigenvalue weighted by atomic mass is 16.5. The van der Waals surface area contributed by atoms with Gasteiger partial charge in [0.25, 0.3) is 0 Å². The van der Waals surface area contributed by atoms with E-state index in [4.69, 9.17) is 9.84 Å². The van der Waals surface area contributed by atoms with E-state index in [0.717, 1.165) is 19.3 Å². The highest BCUT2D eigenvalue weighted by Gasteiger charge is 2.28. The number of ether oxygens (including phenoxy) is 1. The summed E-state index contributed by atoms with van der Waals surface area (Å²) in [7, 11) is 0. The van der Waals surface area contributed by atoms with Crippen LogP contribution in [0.1, 0.15) is 45.4 Å². The molecule has 0 radical (unpaired) electrons. The number of hydrogen-bond donors (Lipinski definition) is 1. The standard InChI is InChI=1S/C13H21NO5/c1-2-19-13(18)7-6-11(15)14-8-4-3-5-10(14)9-12(16)17/h10H,2-9H2,1H3,(H,16,17). The first-order valence-corrected chi connectivity index (χ1v) is 6.71. The average Bonchev–Trinajstić information content (AvgIpc) is 2.36. The summed E-state index contributed by atoms with van der Waals surface area (Å²) in [6, 6.07) is -0.235. The van der Waals surface area contributed by atoms with Crippen LogP contribution in [0, 0.1) is 0 Å². The van der Waals surface area contributed by atoms with Gasteiger partial charge in [-0.3, -0.25) is 14.4 Å². The lowest BCUT2D eigenvalue weighted by atomic mass is 9.98. The van der Waals surface area contributed by atoms with Crippen LogP contribution in [0.2, 0.25) is 0 Å². The second-order valence-electron chi connectivity index (χ2n) is 4.64. The SMILES string of the molecule is CCOC(=O)CCC(=O)N1CCCCC1CC(=O)O. The van der Waals surface area contributed by atoms with E-state index >= 15 is 0 Å². The molecule has 0 bridgehead atoms. The summed E-state index contributed by atoms with van der Waals surface area (Å²) in [4.78, 5) is 35.6. The molecule has 1 aliphatic heterocycles. The summed E-state index contributed by atoms with van der Waals surface area (Å²) >= 11 is 0. The molecular formula is C13H21NO5. The number of carboxylic acids is 1. The average molecular weight is 271 g/mol. The molecule has 0 saturated carbocycles. The molecule has 1 rings (SSSR count). The van der Waals surface area contributed by atoms with Gasteiger partial charge < -0.3 is 14.7 Å². The summed E-state index contributed by atoms with van der Waals surface area (Å²) < 4.78 is 4.77. The Morgan fingerprint density at radius 3 is 2.63 bits per heavy atom. The molecule has 1 aliphatic rings. The molecular weight excluding hydrogens is 250 g/mol. The van der Waals surface area contributed by atoms with Gasteiger partial charge in [-0.25, -0.2) is 0 Å². The van der Waals surface area contributed by atoms with E-state index in [1.54, 1.807) is 11.8 Å². The fourth-order valence-electron chi connectivity index (χ4n) is 2.33. The Bertz CT molecular complexity index is 342. The lowest BCUT2D eigenvalue weighted by Crippen LogP contribution is -2.44. The number of rotatable bonds is 6. The van der Waals surface area contributed by atoms with Gasteiger partial charge in [0.1, 0.15) is 0 Å². The van der Waals surface area contributed by atoms with E-state index in [-0.39, 0.29) is 37.2 Å². The van der Waals surface area contributed by atoms with Crippen molar-refractivity contribution in [2.24, 2.45) is 0 Å². The molecule has 1 heterocycles. The summed E-state index contributed by atoms with van der Waals surface area (Å²) in [6.07, 6.45) is 2.68. The molecule has 1 amide bonds. The maximum Gasteiger partial charge on any atom is 0.306 e. The van der Waals surface area contributed by atoms with E-state index in [1.165, 1.54) is 0 Å². The minimum Gasteiger partial charge on any atom is -0.481 e. The van der Waals surface area contributed by atoms with E-state index in [1.807, 2.05) is 0 Å². The topological polar surface area (TPSA) is 83.9 Å². The van der Waals surface area contributed by atoms with Crippen LogP contribution >= 0.6 is 0 Å². The number of esters is 1. The van der Waals surface area contributed by atoms with Gasteiger partial charge in [-0.2, -0.15) is 0 Å².